The van der Waals surface area contributed by atoms with Crippen LogP contribution in [-0.2, 0) is 25.6 Å². The highest BCUT2D eigenvalue weighted by Crippen LogP contribution is 2.07. The number of carboxylic acids is 1. The van der Waals surface area contributed by atoms with E-state index in [9.17, 15) is 24.3 Å². The zero-order valence-electron chi connectivity index (χ0n) is 18.6. The van der Waals surface area contributed by atoms with Crippen LogP contribution >= 0.6 is 0 Å². The van der Waals surface area contributed by atoms with Crippen molar-refractivity contribution >= 4 is 23.7 Å². The third-order valence-corrected chi connectivity index (χ3v) is 5.15. The van der Waals surface area contributed by atoms with Crippen LogP contribution in [0.3, 0.4) is 0 Å². The molecule has 9 heteroatoms. The van der Waals surface area contributed by atoms with Crippen LogP contribution in [0.2, 0.25) is 0 Å². The Labute approximate surface area is 183 Å². The lowest BCUT2D eigenvalue weighted by Gasteiger charge is -2.24. The fourth-order valence-electron chi connectivity index (χ4n) is 2.87. The molecule has 0 aliphatic rings. The minimum Gasteiger partial charge on any atom is -0.480 e. The van der Waals surface area contributed by atoms with Gasteiger partial charge in [-0.25, -0.2) is 4.79 Å². The summed E-state index contributed by atoms with van der Waals surface area (Å²) in [6.07, 6.45) is 0.842. The van der Waals surface area contributed by atoms with Crippen LogP contribution in [0.15, 0.2) is 30.3 Å². The van der Waals surface area contributed by atoms with Gasteiger partial charge in [-0.1, -0.05) is 64.4 Å². The molecule has 0 fully saturated rings. The van der Waals surface area contributed by atoms with Crippen LogP contribution in [0.5, 0.6) is 0 Å². The molecule has 1 aromatic rings. The molecule has 0 aliphatic heterocycles. The molecular formula is C22H34N4O5. The van der Waals surface area contributed by atoms with Crippen molar-refractivity contribution in [1.29, 1.82) is 0 Å². The summed E-state index contributed by atoms with van der Waals surface area (Å²) in [4.78, 5) is 48.6. The number of benzene rings is 1. The standard InChI is InChI=1S/C22H34N4O5/c1-5-14(4)18(23)20(28)24-12-17(27)26-19(13(2)3)21(29)25-16(22(30)31)11-15-9-7-6-8-10-15/h6-10,13-14,16,18-19H,5,11-12,23H2,1-4H3,(H,24,28)(H,25,29)(H,26,27)(H,30,31). The number of amides is 3. The van der Waals surface area contributed by atoms with E-state index in [-0.39, 0.29) is 24.8 Å². The molecule has 0 spiro atoms. The molecule has 4 atom stereocenters. The Kier molecular flexibility index (Phi) is 10.7. The van der Waals surface area contributed by atoms with Gasteiger partial charge in [-0.3, -0.25) is 14.4 Å². The number of aliphatic carboxylic acids is 1. The average Bonchev–Trinajstić information content (AvgIpc) is 2.74. The van der Waals surface area contributed by atoms with Crippen LogP contribution in [0.25, 0.3) is 0 Å². The lowest BCUT2D eigenvalue weighted by atomic mass is 9.99. The number of nitrogens with two attached hydrogens (primary N) is 1. The summed E-state index contributed by atoms with van der Waals surface area (Å²) in [5, 5.41) is 17.0. The molecule has 9 nitrogen and oxygen atoms in total. The molecule has 1 aromatic carbocycles. The van der Waals surface area contributed by atoms with Gasteiger partial charge in [0, 0.05) is 6.42 Å². The minimum absolute atomic E-state index is 0.0326. The highest BCUT2D eigenvalue weighted by molar-refractivity contribution is 5.92. The van der Waals surface area contributed by atoms with Gasteiger partial charge in [0.1, 0.15) is 12.1 Å². The topological polar surface area (TPSA) is 151 Å². The summed E-state index contributed by atoms with van der Waals surface area (Å²) >= 11 is 0. The van der Waals surface area contributed by atoms with E-state index in [2.05, 4.69) is 16.0 Å². The molecule has 0 saturated carbocycles. The summed E-state index contributed by atoms with van der Waals surface area (Å²) in [6.45, 7) is 6.89. The SMILES string of the molecule is CCC(C)C(N)C(=O)NCC(=O)NC(C(=O)NC(Cc1ccccc1)C(=O)O)C(C)C. The number of carboxylic acid groups (broad SMARTS) is 1. The number of hydrogen-bond acceptors (Lipinski definition) is 5. The molecule has 0 aliphatic carbocycles. The van der Waals surface area contributed by atoms with Crippen molar-refractivity contribution in [1.82, 2.24) is 16.0 Å². The second kappa shape index (κ2) is 12.7. The average molecular weight is 435 g/mol. The van der Waals surface area contributed by atoms with E-state index < -0.39 is 41.8 Å². The Morgan fingerprint density at radius 1 is 1.00 bits per heavy atom. The Hall–Kier alpha value is -2.94. The maximum absolute atomic E-state index is 12.7. The van der Waals surface area contributed by atoms with Crippen LogP contribution in [0.4, 0.5) is 0 Å². The first-order valence-corrected chi connectivity index (χ1v) is 10.5. The maximum atomic E-state index is 12.7. The fraction of sp³-hybridized carbons (Fsp3) is 0.545. The van der Waals surface area contributed by atoms with Gasteiger partial charge < -0.3 is 26.8 Å². The zero-order valence-corrected chi connectivity index (χ0v) is 18.6. The lowest BCUT2D eigenvalue weighted by molar-refractivity contribution is -0.142. The summed E-state index contributed by atoms with van der Waals surface area (Å²) in [5.41, 5.74) is 6.60. The largest absolute Gasteiger partial charge is 0.480 e. The molecule has 0 radical (unpaired) electrons. The molecule has 172 valence electrons. The molecule has 1 rings (SSSR count). The first kappa shape index (κ1) is 26.1. The van der Waals surface area contributed by atoms with Crippen molar-refractivity contribution in [3.8, 4) is 0 Å². The van der Waals surface area contributed by atoms with Crippen molar-refractivity contribution in [2.75, 3.05) is 6.54 Å². The Morgan fingerprint density at radius 3 is 2.13 bits per heavy atom. The summed E-state index contributed by atoms with van der Waals surface area (Å²) in [7, 11) is 0. The third kappa shape index (κ3) is 8.75. The molecule has 0 heterocycles. The van der Waals surface area contributed by atoms with Gasteiger partial charge in [0.15, 0.2) is 0 Å². The van der Waals surface area contributed by atoms with E-state index in [1.807, 2.05) is 19.9 Å². The second-order valence-corrected chi connectivity index (χ2v) is 8.01. The fourth-order valence-corrected chi connectivity index (χ4v) is 2.87. The third-order valence-electron chi connectivity index (χ3n) is 5.15. The van der Waals surface area contributed by atoms with Crippen LogP contribution in [0, 0.1) is 11.8 Å². The lowest BCUT2D eigenvalue weighted by Crippen LogP contribution is -2.56. The van der Waals surface area contributed by atoms with Crippen molar-refractivity contribution in [2.24, 2.45) is 17.6 Å². The highest BCUT2D eigenvalue weighted by atomic mass is 16.4. The second-order valence-electron chi connectivity index (χ2n) is 8.01. The van der Waals surface area contributed by atoms with Gasteiger partial charge in [-0.15, -0.1) is 0 Å². The van der Waals surface area contributed by atoms with Crippen molar-refractivity contribution in [3.05, 3.63) is 35.9 Å². The smallest absolute Gasteiger partial charge is 0.326 e. The molecule has 6 N–H and O–H groups in total. The molecule has 4 unspecified atom stereocenters. The van der Waals surface area contributed by atoms with E-state index in [0.29, 0.717) is 0 Å². The predicted octanol–water partition coefficient (Wildman–Crippen LogP) is 0.429. The number of carbonyl (C=O) groups is 4. The van der Waals surface area contributed by atoms with E-state index in [4.69, 9.17) is 5.73 Å². The number of carbonyl (C=O) groups excluding carboxylic acids is 3. The molecule has 0 bridgehead atoms. The Bertz CT molecular complexity index is 754. The maximum Gasteiger partial charge on any atom is 0.326 e. The normalized spacial score (nSPS) is 14.8. The van der Waals surface area contributed by atoms with E-state index >= 15 is 0 Å². The van der Waals surface area contributed by atoms with Gasteiger partial charge in [-0.05, 0) is 17.4 Å². The van der Waals surface area contributed by atoms with Crippen molar-refractivity contribution in [3.63, 3.8) is 0 Å². The molecule has 31 heavy (non-hydrogen) atoms. The van der Waals surface area contributed by atoms with Gasteiger partial charge in [0.25, 0.3) is 0 Å². The number of hydrogen-bond donors (Lipinski definition) is 5. The van der Waals surface area contributed by atoms with Crippen LogP contribution in [0.1, 0.15) is 39.7 Å². The van der Waals surface area contributed by atoms with E-state index in [1.54, 1.807) is 38.1 Å². The van der Waals surface area contributed by atoms with Crippen LogP contribution < -0.4 is 21.7 Å². The van der Waals surface area contributed by atoms with Gasteiger partial charge in [0.05, 0.1) is 12.6 Å². The number of nitrogens with one attached hydrogen (secondary N) is 3. The zero-order chi connectivity index (χ0) is 23.6. The van der Waals surface area contributed by atoms with Crippen LogP contribution in [-0.4, -0.2) is 53.5 Å². The first-order valence-electron chi connectivity index (χ1n) is 10.5. The van der Waals surface area contributed by atoms with Gasteiger partial charge in [0.2, 0.25) is 17.7 Å². The Balaban J connectivity index is 2.70. The predicted molar refractivity (Wildman–Crippen MR) is 117 cm³/mol. The summed E-state index contributed by atoms with van der Waals surface area (Å²) in [5.74, 6) is -3.10. The molecular weight excluding hydrogens is 400 g/mol. The van der Waals surface area contributed by atoms with Gasteiger partial charge >= 0.3 is 5.97 Å². The molecule has 3 amide bonds. The van der Waals surface area contributed by atoms with Gasteiger partial charge in [-0.2, -0.15) is 0 Å². The minimum atomic E-state index is -1.17. The first-order chi connectivity index (χ1) is 14.6. The monoisotopic (exact) mass is 434 g/mol. The summed E-state index contributed by atoms with van der Waals surface area (Å²) in [6, 6.07) is 6.12. The molecule has 0 saturated heterocycles. The number of rotatable bonds is 12. The molecule has 0 aromatic heterocycles. The summed E-state index contributed by atoms with van der Waals surface area (Å²) < 4.78 is 0. The van der Waals surface area contributed by atoms with E-state index in [1.165, 1.54) is 0 Å². The highest BCUT2D eigenvalue weighted by Gasteiger charge is 2.29. The quantitative estimate of drug-likeness (QED) is 0.322. The van der Waals surface area contributed by atoms with E-state index in [0.717, 1.165) is 12.0 Å². The Morgan fingerprint density at radius 2 is 1.61 bits per heavy atom. The van der Waals surface area contributed by atoms with Crippen molar-refractivity contribution in [2.45, 2.75) is 58.7 Å². The van der Waals surface area contributed by atoms with Crippen molar-refractivity contribution < 1.29 is 24.3 Å².